The maximum atomic E-state index is 10.1. The molecule has 0 aliphatic carbocycles. The number of phenols is 1. The first-order valence-electron chi connectivity index (χ1n) is 6.44. The van der Waals surface area contributed by atoms with Crippen molar-refractivity contribution >= 4 is 11.8 Å². The van der Waals surface area contributed by atoms with Gasteiger partial charge in [0.15, 0.2) is 0 Å². The first kappa shape index (κ1) is 13.0. The van der Waals surface area contributed by atoms with Crippen molar-refractivity contribution in [3.05, 3.63) is 29.8 Å². The van der Waals surface area contributed by atoms with Crippen molar-refractivity contribution in [1.82, 2.24) is 0 Å². The van der Waals surface area contributed by atoms with E-state index in [0.29, 0.717) is 5.75 Å². The second-order valence-electron chi connectivity index (χ2n) is 4.80. The molecule has 98 valence electrons. The molecule has 1 aliphatic rings. The summed E-state index contributed by atoms with van der Waals surface area (Å²) in [5.41, 5.74) is 2.62. The van der Waals surface area contributed by atoms with Crippen LogP contribution in [0, 0.1) is 6.92 Å². The monoisotopic (exact) mass is 247 g/mol. The number of hydrogen-bond acceptors (Lipinski definition) is 3. The lowest BCUT2D eigenvalue weighted by atomic mass is 10.1. The Hall–Kier alpha value is -1.48. The van der Waals surface area contributed by atoms with Gasteiger partial charge in [-0.1, -0.05) is 18.7 Å². The SMILES string of the molecule is C=Cc1c(N(C)C2CCCCO2)ccc(C)c1O. The highest BCUT2D eigenvalue weighted by Gasteiger charge is 2.21. The van der Waals surface area contributed by atoms with Crippen LogP contribution in [0.2, 0.25) is 0 Å². The third-order valence-electron chi connectivity index (χ3n) is 3.57. The number of aromatic hydroxyl groups is 1. The van der Waals surface area contributed by atoms with Crippen LogP contribution >= 0.6 is 0 Å². The van der Waals surface area contributed by atoms with Gasteiger partial charge in [0, 0.05) is 24.9 Å². The topological polar surface area (TPSA) is 32.7 Å². The second-order valence-corrected chi connectivity index (χ2v) is 4.80. The van der Waals surface area contributed by atoms with Crippen molar-refractivity contribution in [3.8, 4) is 5.75 Å². The predicted octanol–water partition coefficient (Wildman–Crippen LogP) is 3.31. The van der Waals surface area contributed by atoms with Crippen LogP contribution in [0.3, 0.4) is 0 Å². The van der Waals surface area contributed by atoms with Crippen LogP contribution in [0.15, 0.2) is 18.7 Å². The van der Waals surface area contributed by atoms with E-state index >= 15 is 0 Å². The van der Waals surface area contributed by atoms with E-state index in [4.69, 9.17) is 4.74 Å². The molecule has 0 bridgehead atoms. The fraction of sp³-hybridized carbons (Fsp3) is 0.467. The number of phenolic OH excluding ortho intramolecular Hbond substituents is 1. The van der Waals surface area contributed by atoms with Crippen LogP contribution in [0.1, 0.15) is 30.4 Å². The molecule has 1 N–H and O–H groups in total. The van der Waals surface area contributed by atoms with Crippen molar-refractivity contribution < 1.29 is 9.84 Å². The quantitative estimate of drug-likeness (QED) is 0.889. The van der Waals surface area contributed by atoms with E-state index < -0.39 is 0 Å². The molecule has 1 aromatic carbocycles. The lowest BCUT2D eigenvalue weighted by molar-refractivity contribution is 0.0173. The summed E-state index contributed by atoms with van der Waals surface area (Å²) in [5, 5.41) is 10.1. The number of hydrogen-bond donors (Lipinski definition) is 1. The zero-order valence-electron chi connectivity index (χ0n) is 11.1. The Bertz CT molecular complexity index is 436. The molecule has 1 unspecified atom stereocenters. The van der Waals surface area contributed by atoms with Gasteiger partial charge < -0.3 is 14.7 Å². The smallest absolute Gasteiger partial charge is 0.129 e. The Morgan fingerprint density at radius 1 is 1.44 bits per heavy atom. The van der Waals surface area contributed by atoms with E-state index in [1.165, 1.54) is 6.42 Å². The minimum absolute atomic E-state index is 0.0968. The van der Waals surface area contributed by atoms with Crippen LogP contribution in [0.25, 0.3) is 6.08 Å². The summed E-state index contributed by atoms with van der Waals surface area (Å²) in [7, 11) is 2.01. The maximum absolute atomic E-state index is 10.1. The molecule has 1 fully saturated rings. The molecule has 18 heavy (non-hydrogen) atoms. The normalized spacial score (nSPS) is 19.6. The molecule has 0 saturated carbocycles. The van der Waals surface area contributed by atoms with Crippen molar-refractivity contribution in [2.45, 2.75) is 32.4 Å². The number of ether oxygens (including phenoxy) is 1. The van der Waals surface area contributed by atoms with Crippen LogP contribution in [0.5, 0.6) is 5.75 Å². The minimum Gasteiger partial charge on any atom is -0.507 e. The molecular formula is C15H21NO2. The number of benzene rings is 1. The molecule has 0 amide bonds. The van der Waals surface area contributed by atoms with E-state index in [0.717, 1.165) is 36.3 Å². The lowest BCUT2D eigenvalue weighted by Crippen LogP contribution is -2.37. The summed E-state index contributed by atoms with van der Waals surface area (Å²) >= 11 is 0. The standard InChI is InChI=1S/C15H21NO2/c1-4-12-13(9-8-11(2)15(12)17)16(3)14-7-5-6-10-18-14/h4,8-9,14,17H,1,5-7,10H2,2-3H3. The van der Waals surface area contributed by atoms with E-state index in [1.54, 1.807) is 6.08 Å². The summed E-state index contributed by atoms with van der Waals surface area (Å²) in [5.74, 6) is 0.310. The summed E-state index contributed by atoms with van der Waals surface area (Å²) < 4.78 is 5.77. The maximum Gasteiger partial charge on any atom is 0.129 e. The molecule has 3 nitrogen and oxygen atoms in total. The highest BCUT2D eigenvalue weighted by molar-refractivity contribution is 5.73. The van der Waals surface area contributed by atoms with Gasteiger partial charge in [-0.3, -0.25) is 0 Å². The van der Waals surface area contributed by atoms with Crippen LogP contribution < -0.4 is 4.90 Å². The van der Waals surface area contributed by atoms with Gasteiger partial charge in [-0.2, -0.15) is 0 Å². The molecule has 1 aromatic rings. The Labute approximate surface area is 109 Å². The van der Waals surface area contributed by atoms with E-state index in [1.807, 2.05) is 26.1 Å². The summed E-state index contributed by atoms with van der Waals surface area (Å²) in [6.45, 7) is 6.50. The number of aryl methyl sites for hydroxylation is 1. The Balaban J connectivity index is 2.31. The van der Waals surface area contributed by atoms with Gasteiger partial charge in [-0.15, -0.1) is 0 Å². The zero-order valence-corrected chi connectivity index (χ0v) is 11.1. The summed E-state index contributed by atoms with van der Waals surface area (Å²) in [4.78, 5) is 2.09. The highest BCUT2D eigenvalue weighted by atomic mass is 16.5. The Morgan fingerprint density at radius 3 is 2.83 bits per heavy atom. The van der Waals surface area contributed by atoms with Gasteiger partial charge in [0.2, 0.25) is 0 Å². The highest BCUT2D eigenvalue weighted by Crippen LogP contribution is 2.34. The molecule has 2 rings (SSSR count). The lowest BCUT2D eigenvalue weighted by Gasteiger charge is -2.34. The van der Waals surface area contributed by atoms with Gasteiger partial charge in [0.25, 0.3) is 0 Å². The number of rotatable bonds is 3. The van der Waals surface area contributed by atoms with Gasteiger partial charge >= 0.3 is 0 Å². The molecule has 0 radical (unpaired) electrons. The van der Waals surface area contributed by atoms with Crippen LogP contribution in [-0.2, 0) is 4.74 Å². The third-order valence-corrected chi connectivity index (χ3v) is 3.57. The zero-order chi connectivity index (χ0) is 13.1. The molecular weight excluding hydrogens is 226 g/mol. The van der Waals surface area contributed by atoms with Crippen molar-refractivity contribution in [2.24, 2.45) is 0 Å². The molecule has 0 spiro atoms. The van der Waals surface area contributed by atoms with E-state index in [2.05, 4.69) is 11.5 Å². The number of nitrogens with zero attached hydrogens (tertiary/aromatic N) is 1. The molecule has 1 atom stereocenters. The summed E-state index contributed by atoms with van der Waals surface area (Å²) in [6.07, 6.45) is 5.16. The molecule has 1 aliphatic heterocycles. The molecule has 1 heterocycles. The average molecular weight is 247 g/mol. The average Bonchev–Trinajstić information content (AvgIpc) is 2.42. The Morgan fingerprint density at radius 2 is 2.22 bits per heavy atom. The van der Waals surface area contributed by atoms with Gasteiger partial charge in [-0.25, -0.2) is 0 Å². The van der Waals surface area contributed by atoms with Gasteiger partial charge in [0.1, 0.15) is 12.0 Å². The van der Waals surface area contributed by atoms with Crippen molar-refractivity contribution in [2.75, 3.05) is 18.6 Å². The van der Waals surface area contributed by atoms with Crippen molar-refractivity contribution in [3.63, 3.8) is 0 Å². The molecule has 0 aromatic heterocycles. The van der Waals surface area contributed by atoms with E-state index in [-0.39, 0.29) is 6.23 Å². The van der Waals surface area contributed by atoms with Crippen molar-refractivity contribution in [1.29, 1.82) is 0 Å². The van der Waals surface area contributed by atoms with E-state index in [9.17, 15) is 5.11 Å². The predicted molar refractivity (Wildman–Crippen MR) is 74.9 cm³/mol. The fourth-order valence-electron chi connectivity index (χ4n) is 2.40. The fourth-order valence-corrected chi connectivity index (χ4v) is 2.40. The van der Waals surface area contributed by atoms with Crippen LogP contribution in [0.4, 0.5) is 5.69 Å². The minimum atomic E-state index is 0.0968. The van der Waals surface area contributed by atoms with Gasteiger partial charge in [-0.05, 0) is 37.8 Å². The Kier molecular flexibility index (Phi) is 3.92. The second kappa shape index (κ2) is 5.44. The number of anilines is 1. The van der Waals surface area contributed by atoms with Gasteiger partial charge in [0.05, 0.1) is 0 Å². The van der Waals surface area contributed by atoms with Crippen LogP contribution in [-0.4, -0.2) is 25.0 Å². The molecule has 3 heteroatoms. The first-order chi connectivity index (χ1) is 8.65. The molecule has 1 saturated heterocycles. The largest absolute Gasteiger partial charge is 0.507 e. The third kappa shape index (κ3) is 2.36. The summed E-state index contributed by atoms with van der Waals surface area (Å²) in [6, 6.07) is 3.95. The first-order valence-corrected chi connectivity index (χ1v) is 6.44.